The average molecular weight is 301 g/mol. The van der Waals surface area contributed by atoms with Crippen LogP contribution in [-0.4, -0.2) is 54.3 Å². The fourth-order valence-corrected chi connectivity index (χ4v) is 2.54. The van der Waals surface area contributed by atoms with E-state index in [1.54, 1.807) is 6.08 Å². The molecule has 1 aromatic rings. The van der Waals surface area contributed by atoms with E-state index in [0.717, 1.165) is 12.1 Å². The summed E-state index contributed by atoms with van der Waals surface area (Å²) in [7, 11) is 0. The monoisotopic (exact) mass is 301 g/mol. The molecule has 0 spiro atoms. The molecule has 0 radical (unpaired) electrons. The number of carbonyl (C=O) groups is 2. The second-order valence-corrected chi connectivity index (χ2v) is 5.61. The highest BCUT2D eigenvalue weighted by molar-refractivity contribution is 5.82. The minimum absolute atomic E-state index is 0.0696. The number of carbonyl (C=O) groups excluding carboxylic acids is 2. The van der Waals surface area contributed by atoms with Gasteiger partial charge in [-0.25, -0.2) is 0 Å². The lowest BCUT2D eigenvalue weighted by molar-refractivity contribution is -0.137. The van der Waals surface area contributed by atoms with Crippen molar-refractivity contribution in [1.29, 1.82) is 0 Å². The Morgan fingerprint density at radius 1 is 1.41 bits per heavy atom. The van der Waals surface area contributed by atoms with Gasteiger partial charge in [0.1, 0.15) is 0 Å². The lowest BCUT2D eigenvalue weighted by Gasteiger charge is -2.34. The number of rotatable bonds is 6. The minimum Gasteiger partial charge on any atom is -0.352 e. The second-order valence-electron chi connectivity index (χ2n) is 5.61. The van der Waals surface area contributed by atoms with Crippen molar-refractivity contribution in [2.24, 2.45) is 0 Å². The Morgan fingerprint density at radius 3 is 2.91 bits per heavy atom. The van der Waals surface area contributed by atoms with Gasteiger partial charge in [-0.05, 0) is 12.5 Å². The summed E-state index contributed by atoms with van der Waals surface area (Å²) in [5.41, 5.74) is 2.34. The van der Waals surface area contributed by atoms with Crippen molar-refractivity contribution < 1.29 is 9.59 Å². The molecule has 118 valence electrons. The summed E-state index contributed by atoms with van der Waals surface area (Å²) in [5.74, 6) is 0.00381. The Balaban J connectivity index is 1.83. The number of hydrogen-bond donors (Lipinski definition) is 1. The van der Waals surface area contributed by atoms with Crippen molar-refractivity contribution >= 4 is 11.8 Å². The van der Waals surface area contributed by atoms with E-state index in [-0.39, 0.29) is 18.4 Å². The second kappa shape index (κ2) is 7.75. The summed E-state index contributed by atoms with van der Waals surface area (Å²) in [6.07, 6.45) is 1.64. The smallest absolute Gasteiger partial charge is 0.237 e. The van der Waals surface area contributed by atoms with E-state index in [1.807, 2.05) is 34.9 Å². The molecule has 2 rings (SSSR count). The molecule has 5 nitrogen and oxygen atoms in total. The van der Waals surface area contributed by atoms with Gasteiger partial charge in [0.25, 0.3) is 0 Å². The van der Waals surface area contributed by atoms with E-state index in [0.29, 0.717) is 26.2 Å². The highest BCUT2D eigenvalue weighted by atomic mass is 16.2. The van der Waals surface area contributed by atoms with Gasteiger partial charge in [0.05, 0.1) is 13.1 Å². The average Bonchev–Trinajstić information content (AvgIpc) is 2.48. The molecule has 0 saturated carbocycles. The molecule has 0 atom stereocenters. The molecule has 0 bridgehead atoms. The number of amides is 2. The number of nitrogens with zero attached hydrogens (tertiary/aromatic N) is 2. The highest BCUT2D eigenvalue weighted by Gasteiger charge is 2.25. The SMILES string of the molecule is C=CCNC(=O)CN1CCN(Cc2cccc(C)c2)C(=O)C1. The molecule has 0 aromatic heterocycles. The van der Waals surface area contributed by atoms with Crippen LogP contribution >= 0.6 is 0 Å². The van der Waals surface area contributed by atoms with Crippen molar-refractivity contribution in [3.63, 3.8) is 0 Å². The van der Waals surface area contributed by atoms with Gasteiger partial charge >= 0.3 is 0 Å². The molecule has 1 aliphatic heterocycles. The number of benzene rings is 1. The number of aryl methyl sites for hydroxylation is 1. The molecule has 2 amide bonds. The van der Waals surface area contributed by atoms with Crippen LogP contribution in [0.1, 0.15) is 11.1 Å². The number of nitrogens with one attached hydrogen (secondary N) is 1. The molecule has 5 heteroatoms. The van der Waals surface area contributed by atoms with Crippen molar-refractivity contribution in [3.05, 3.63) is 48.0 Å². The van der Waals surface area contributed by atoms with Crippen molar-refractivity contribution in [1.82, 2.24) is 15.1 Å². The van der Waals surface area contributed by atoms with Crippen LogP contribution in [0, 0.1) is 6.92 Å². The third-order valence-corrected chi connectivity index (χ3v) is 3.66. The Labute approximate surface area is 131 Å². The predicted molar refractivity (Wildman–Crippen MR) is 86.2 cm³/mol. The zero-order chi connectivity index (χ0) is 15.9. The topological polar surface area (TPSA) is 52.7 Å². The highest BCUT2D eigenvalue weighted by Crippen LogP contribution is 2.11. The van der Waals surface area contributed by atoms with Gasteiger partial charge in [-0.15, -0.1) is 6.58 Å². The first-order valence-corrected chi connectivity index (χ1v) is 7.52. The van der Waals surface area contributed by atoms with Crippen LogP contribution in [0.5, 0.6) is 0 Å². The Morgan fingerprint density at radius 2 is 2.23 bits per heavy atom. The van der Waals surface area contributed by atoms with E-state index >= 15 is 0 Å². The largest absolute Gasteiger partial charge is 0.352 e. The van der Waals surface area contributed by atoms with Crippen molar-refractivity contribution in [2.45, 2.75) is 13.5 Å². The van der Waals surface area contributed by atoms with Gasteiger partial charge in [-0.1, -0.05) is 35.9 Å². The summed E-state index contributed by atoms with van der Waals surface area (Å²) in [4.78, 5) is 27.6. The zero-order valence-corrected chi connectivity index (χ0v) is 13.0. The van der Waals surface area contributed by atoms with Crippen LogP contribution in [0.3, 0.4) is 0 Å². The third-order valence-electron chi connectivity index (χ3n) is 3.66. The summed E-state index contributed by atoms with van der Waals surface area (Å²) < 4.78 is 0. The standard InChI is InChI=1S/C17H23N3O2/c1-3-7-18-16(21)12-19-8-9-20(17(22)13-19)11-15-6-4-5-14(2)10-15/h3-6,10H,1,7-9,11-13H2,2H3,(H,18,21). The maximum absolute atomic E-state index is 12.2. The van der Waals surface area contributed by atoms with Crippen molar-refractivity contribution in [3.8, 4) is 0 Å². The molecular weight excluding hydrogens is 278 g/mol. The van der Waals surface area contributed by atoms with Crippen LogP contribution in [0.2, 0.25) is 0 Å². The first kappa shape index (κ1) is 16.2. The first-order chi connectivity index (χ1) is 10.6. The summed E-state index contributed by atoms with van der Waals surface area (Å²) >= 11 is 0. The van der Waals surface area contributed by atoms with Gasteiger partial charge in [0.2, 0.25) is 11.8 Å². The van der Waals surface area contributed by atoms with E-state index < -0.39 is 0 Å². The van der Waals surface area contributed by atoms with Gasteiger partial charge < -0.3 is 10.2 Å². The predicted octanol–water partition coefficient (Wildman–Crippen LogP) is 0.941. The summed E-state index contributed by atoms with van der Waals surface area (Å²) in [5, 5.41) is 2.73. The lowest BCUT2D eigenvalue weighted by Crippen LogP contribution is -2.52. The molecule has 0 aliphatic carbocycles. The Kier molecular flexibility index (Phi) is 5.72. The first-order valence-electron chi connectivity index (χ1n) is 7.52. The molecule has 1 heterocycles. The Bertz CT molecular complexity index is 557. The van der Waals surface area contributed by atoms with Gasteiger partial charge in [0.15, 0.2) is 0 Å². The van der Waals surface area contributed by atoms with Crippen LogP contribution in [0.15, 0.2) is 36.9 Å². The van der Waals surface area contributed by atoms with Gasteiger partial charge in [-0.2, -0.15) is 0 Å². The minimum atomic E-state index is -0.0696. The maximum Gasteiger partial charge on any atom is 0.237 e. The summed E-state index contributed by atoms with van der Waals surface area (Å²) in [6, 6.07) is 8.19. The normalized spacial score (nSPS) is 15.7. The van der Waals surface area contributed by atoms with E-state index in [9.17, 15) is 9.59 Å². The fourth-order valence-electron chi connectivity index (χ4n) is 2.54. The van der Waals surface area contributed by atoms with Crippen LogP contribution in [0.4, 0.5) is 0 Å². The zero-order valence-electron chi connectivity index (χ0n) is 13.0. The fraction of sp³-hybridized carbons (Fsp3) is 0.412. The van der Waals surface area contributed by atoms with E-state index in [2.05, 4.69) is 18.0 Å². The number of piperazine rings is 1. The van der Waals surface area contributed by atoms with Crippen LogP contribution < -0.4 is 5.32 Å². The van der Waals surface area contributed by atoms with E-state index in [4.69, 9.17) is 0 Å². The molecule has 1 saturated heterocycles. The quantitative estimate of drug-likeness (QED) is 0.796. The lowest BCUT2D eigenvalue weighted by atomic mass is 10.1. The molecule has 22 heavy (non-hydrogen) atoms. The Hall–Kier alpha value is -2.14. The molecule has 1 aromatic carbocycles. The van der Waals surface area contributed by atoms with Gasteiger partial charge in [0, 0.05) is 26.2 Å². The maximum atomic E-state index is 12.2. The molecule has 0 unspecified atom stereocenters. The van der Waals surface area contributed by atoms with Crippen LogP contribution in [0.25, 0.3) is 0 Å². The molecule has 1 aliphatic rings. The molecule has 1 fully saturated rings. The van der Waals surface area contributed by atoms with Crippen LogP contribution in [-0.2, 0) is 16.1 Å². The van der Waals surface area contributed by atoms with Gasteiger partial charge in [-0.3, -0.25) is 14.5 Å². The molecular formula is C17H23N3O2. The van der Waals surface area contributed by atoms with E-state index in [1.165, 1.54) is 5.56 Å². The molecule has 1 N–H and O–H groups in total. The third kappa shape index (κ3) is 4.70. The van der Waals surface area contributed by atoms with Crippen molar-refractivity contribution in [2.75, 3.05) is 32.7 Å². The summed E-state index contributed by atoms with van der Waals surface area (Å²) in [6.45, 7) is 8.64. The number of hydrogen-bond acceptors (Lipinski definition) is 3.